The molecule has 1 saturated heterocycles. The van der Waals surface area contributed by atoms with E-state index in [1.54, 1.807) is 17.0 Å². The maximum Gasteiger partial charge on any atom is 0.256 e. The minimum atomic E-state index is -0.678. The zero-order valence-electron chi connectivity index (χ0n) is 19.6. The van der Waals surface area contributed by atoms with E-state index in [0.29, 0.717) is 31.0 Å². The van der Waals surface area contributed by atoms with Gasteiger partial charge in [-0.3, -0.25) is 19.5 Å². The molecule has 3 aliphatic carbocycles. The highest BCUT2D eigenvalue weighted by Crippen LogP contribution is 2.47. The predicted molar refractivity (Wildman–Crippen MR) is 134 cm³/mol. The third-order valence-electron chi connectivity index (χ3n) is 7.78. The molecule has 2 heterocycles. The summed E-state index contributed by atoms with van der Waals surface area (Å²) >= 11 is 1.89. The Morgan fingerprint density at radius 1 is 1.06 bits per heavy atom. The van der Waals surface area contributed by atoms with E-state index < -0.39 is 5.54 Å². The Morgan fingerprint density at radius 2 is 1.83 bits per heavy atom. The molecule has 7 rings (SSSR count). The standard InChI is InChI=1S/C28H28FN3O2S/c29-24-13-20(19-2-1-3-22(12-19)35-21-7-8-21)6-9-23(24)25-30-28(10-11-28)27(34)32(25)16-17-14-31(15-17)26(33)18-4-5-18/h1-3,6,9,12-13,17-18,21H,4-5,7-8,10-11,14-16H2. The molecule has 5 nitrogen and oxygen atoms in total. The fourth-order valence-electron chi connectivity index (χ4n) is 5.19. The van der Waals surface area contributed by atoms with Gasteiger partial charge in [-0.2, -0.15) is 0 Å². The number of carbonyl (C=O) groups excluding carboxylic acids is 2. The molecule has 7 heteroatoms. The van der Waals surface area contributed by atoms with E-state index in [4.69, 9.17) is 4.99 Å². The third kappa shape index (κ3) is 3.98. The molecule has 0 unspecified atom stereocenters. The summed E-state index contributed by atoms with van der Waals surface area (Å²) < 4.78 is 15.5. The third-order valence-corrected chi connectivity index (χ3v) is 9.11. The fraction of sp³-hybridized carbons (Fsp3) is 0.464. The smallest absolute Gasteiger partial charge is 0.256 e. The molecule has 5 aliphatic rings. The first-order valence-electron chi connectivity index (χ1n) is 12.8. The highest BCUT2D eigenvalue weighted by atomic mass is 32.2. The van der Waals surface area contributed by atoms with Gasteiger partial charge >= 0.3 is 0 Å². The van der Waals surface area contributed by atoms with Gasteiger partial charge in [0.15, 0.2) is 0 Å². The first-order valence-corrected chi connectivity index (χ1v) is 13.6. The van der Waals surface area contributed by atoms with Gasteiger partial charge in [0.1, 0.15) is 17.2 Å². The van der Waals surface area contributed by atoms with Crippen LogP contribution in [0.4, 0.5) is 4.39 Å². The van der Waals surface area contributed by atoms with Gasteiger partial charge in [0, 0.05) is 41.6 Å². The lowest BCUT2D eigenvalue weighted by Crippen LogP contribution is -2.55. The van der Waals surface area contributed by atoms with Crippen LogP contribution >= 0.6 is 11.8 Å². The van der Waals surface area contributed by atoms with Crippen molar-refractivity contribution >= 4 is 29.4 Å². The number of aliphatic imine (C=N–C) groups is 1. The molecule has 2 aromatic rings. The van der Waals surface area contributed by atoms with Crippen LogP contribution in [0.5, 0.6) is 0 Å². The normalized spacial score (nSPS) is 23.0. The minimum Gasteiger partial charge on any atom is -0.342 e. The molecule has 1 spiro atoms. The van der Waals surface area contributed by atoms with Crippen LogP contribution in [0, 0.1) is 17.7 Å². The van der Waals surface area contributed by atoms with Crippen molar-refractivity contribution < 1.29 is 14.0 Å². The number of hydrogen-bond donors (Lipinski definition) is 0. The van der Waals surface area contributed by atoms with Crippen LogP contribution < -0.4 is 0 Å². The van der Waals surface area contributed by atoms with E-state index in [9.17, 15) is 9.59 Å². The van der Waals surface area contributed by atoms with Gasteiger partial charge < -0.3 is 4.90 Å². The van der Waals surface area contributed by atoms with Crippen molar-refractivity contribution in [3.8, 4) is 11.1 Å². The summed E-state index contributed by atoms with van der Waals surface area (Å²) in [6, 6.07) is 13.6. The van der Waals surface area contributed by atoms with Gasteiger partial charge in [-0.05, 0) is 73.9 Å². The average molecular weight is 490 g/mol. The molecule has 35 heavy (non-hydrogen) atoms. The molecule has 3 saturated carbocycles. The molecule has 0 N–H and O–H groups in total. The summed E-state index contributed by atoms with van der Waals surface area (Å²) in [7, 11) is 0. The Kier molecular flexibility index (Phi) is 4.89. The molecular formula is C28H28FN3O2S. The predicted octanol–water partition coefficient (Wildman–Crippen LogP) is 4.74. The quantitative estimate of drug-likeness (QED) is 0.565. The summed E-state index contributed by atoms with van der Waals surface area (Å²) in [5.41, 5.74) is 1.54. The lowest BCUT2D eigenvalue weighted by Gasteiger charge is -2.41. The minimum absolute atomic E-state index is 0.00671. The van der Waals surface area contributed by atoms with Gasteiger partial charge in [0.2, 0.25) is 5.91 Å². The van der Waals surface area contributed by atoms with E-state index in [0.717, 1.165) is 42.1 Å². The first kappa shape index (κ1) is 21.6. The van der Waals surface area contributed by atoms with E-state index in [1.807, 2.05) is 34.9 Å². The van der Waals surface area contributed by atoms with Crippen LogP contribution in [0.25, 0.3) is 11.1 Å². The van der Waals surface area contributed by atoms with Crippen LogP contribution in [0.3, 0.4) is 0 Å². The van der Waals surface area contributed by atoms with Crippen molar-refractivity contribution in [3.63, 3.8) is 0 Å². The number of likely N-dealkylation sites (tertiary alicyclic amines) is 1. The van der Waals surface area contributed by atoms with E-state index in [-0.39, 0.29) is 29.5 Å². The maximum absolute atomic E-state index is 15.5. The van der Waals surface area contributed by atoms with Crippen LogP contribution in [-0.4, -0.2) is 57.9 Å². The lowest BCUT2D eigenvalue weighted by molar-refractivity contribution is -0.139. The number of amides is 2. The van der Waals surface area contributed by atoms with Gasteiger partial charge in [-0.15, -0.1) is 11.8 Å². The molecule has 0 radical (unpaired) electrons. The van der Waals surface area contributed by atoms with Crippen molar-refractivity contribution in [2.24, 2.45) is 16.8 Å². The van der Waals surface area contributed by atoms with Crippen molar-refractivity contribution in [1.82, 2.24) is 9.80 Å². The fourth-order valence-corrected chi connectivity index (χ4v) is 6.30. The van der Waals surface area contributed by atoms with Gasteiger partial charge in [0.05, 0.1) is 5.56 Å². The largest absolute Gasteiger partial charge is 0.342 e. The summed E-state index contributed by atoms with van der Waals surface area (Å²) in [5, 5.41) is 0.720. The first-order chi connectivity index (χ1) is 17.0. The van der Waals surface area contributed by atoms with Crippen molar-refractivity contribution in [2.45, 2.75) is 54.2 Å². The van der Waals surface area contributed by atoms with Gasteiger partial charge in [-0.1, -0.05) is 18.2 Å². The zero-order valence-corrected chi connectivity index (χ0v) is 20.4. The summed E-state index contributed by atoms with van der Waals surface area (Å²) in [6.45, 7) is 1.85. The van der Waals surface area contributed by atoms with Crippen molar-refractivity contribution in [1.29, 1.82) is 0 Å². The van der Waals surface area contributed by atoms with Gasteiger partial charge in [0.25, 0.3) is 5.91 Å². The molecule has 0 atom stereocenters. The summed E-state index contributed by atoms with van der Waals surface area (Å²) in [4.78, 5) is 35.1. The number of rotatable bonds is 7. The number of nitrogens with zero attached hydrogens (tertiary/aromatic N) is 3. The molecule has 2 aliphatic heterocycles. The van der Waals surface area contributed by atoms with Gasteiger partial charge in [-0.25, -0.2) is 4.39 Å². The molecule has 2 amide bonds. The van der Waals surface area contributed by atoms with Crippen molar-refractivity contribution in [2.75, 3.05) is 19.6 Å². The number of thioether (sulfide) groups is 1. The Morgan fingerprint density at radius 3 is 2.51 bits per heavy atom. The second-order valence-electron chi connectivity index (χ2n) is 10.8. The summed E-state index contributed by atoms with van der Waals surface area (Å²) in [5.74, 6) is 0.792. The number of halogens is 1. The van der Waals surface area contributed by atoms with E-state index >= 15 is 4.39 Å². The molecular weight excluding hydrogens is 461 g/mol. The number of carbonyl (C=O) groups is 2. The second-order valence-corrected chi connectivity index (χ2v) is 12.2. The Bertz CT molecular complexity index is 1260. The molecule has 0 aromatic heterocycles. The van der Waals surface area contributed by atoms with Crippen LogP contribution in [-0.2, 0) is 9.59 Å². The molecule has 180 valence electrons. The van der Waals surface area contributed by atoms with E-state index in [1.165, 1.54) is 17.7 Å². The SMILES string of the molecule is O=C(C1CC1)N1CC(CN2C(=O)C3(CC3)N=C2c2ccc(-c3cccc(SC4CC4)c3)cc2F)C1. The highest BCUT2D eigenvalue weighted by Gasteiger charge is 2.58. The number of benzene rings is 2. The Labute approximate surface area is 208 Å². The Hall–Kier alpha value is -2.67. The molecule has 4 fully saturated rings. The van der Waals surface area contributed by atoms with Crippen LogP contribution in [0.1, 0.15) is 44.1 Å². The Balaban J connectivity index is 1.11. The topological polar surface area (TPSA) is 53.0 Å². The second kappa shape index (κ2) is 7.92. The monoisotopic (exact) mass is 489 g/mol. The zero-order chi connectivity index (χ0) is 23.7. The van der Waals surface area contributed by atoms with Crippen LogP contribution in [0.15, 0.2) is 52.4 Å². The number of amidine groups is 1. The average Bonchev–Trinajstić information content (AvgIpc) is 3.68. The molecule has 0 bridgehead atoms. The van der Waals surface area contributed by atoms with Crippen LogP contribution in [0.2, 0.25) is 0 Å². The summed E-state index contributed by atoms with van der Waals surface area (Å²) in [6.07, 6.45) is 6.01. The lowest BCUT2D eigenvalue weighted by atomic mass is 9.97. The number of hydrogen-bond acceptors (Lipinski definition) is 4. The van der Waals surface area contributed by atoms with Crippen molar-refractivity contribution in [3.05, 3.63) is 53.8 Å². The maximum atomic E-state index is 15.5. The molecule has 2 aromatic carbocycles. The highest BCUT2D eigenvalue weighted by molar-refractivity contribution is 8.00. The van der Waals surface area contributed by atoms with E-state index in [2.05, 4.69) is 12.1 Å².